The second-order valence-electron chi connectivity index (χ2n) is 8.02. The number of ether oxygens (including phenoxy) is 1. The molecule has 2 aromatic rings. The number of benzene rings is 2. The number of anilines is 2. The number of nitrogens with one attached hydrogen (secondary N) is 1. The van der Waals surface area contributed by atoms with Crippen molar-refractivity contribution in [3.63, 3.8) is 0 Å². The number of alkyl carbamates (subject to hydrolysis) is 1. The molecule has 5 heteroatoms. The molecule has 29 heavy (non-hydrogen) atoms. The molecule has 1 N–H and O–H groups in total. The molecule has 0 spiro atoms. The Morgan fingerprint density at radius 3 is 1.59 bits per heavy atom. The van der Waals surface area contributed by atoms with Crippen LogP contribution >= 0.6 is 0 Å². The van der Waals surface area contributed by atoms with Crippen LogP contribution in [-0.4, -0.2) is 31.1 Å². The molecule has 0 radical (unpaired) electrons. The lowest BCUT2D eigenvalue weighted by atomic mass is 10.0. The van der Waals surface area contributed by atoms with E-state index in [4.69, 9.17) is 4.74 Å². The maximum Gasteiger partial charge on any atom is 0.410 e. The van der Waals surface area contributed by atoms with Crippen LogP contribution in [0.15, 0.2) is 36.4 Å². The third-order valence-corrected chi connectivity index (χ3v) is 6.02. The van der Waals surface area contributed by atoms with E-state index in [-0.39, 0.29) is 18.4 Å². The monoisotopic (exact) mass is 395 g/mol. The van der Waals surface area contributed by atoms with Crippen LogP contribution in [0.25, 0.3) is 0 Å². The van der Waals surface area contributed by atoms with Crippen LogP contribution in [-0.2, 0) is 4.74 Å². The predicted molar refractivity (Wildman–Crippen MR) is 120 cm³/mol. The molecule has 1 heterocycles. The molecule has 1 aliphatic heterocycles. The van der Waals surface area contributed by atoms with Crippen LogP contribution in [0.4, 0.5) is 16.2 Å². The highest BCUT2D eigenvalue weighted by Crippen LogP contribution is 2.40. The zero-order chi connectivity index (χ0) is 21.3. The van der Waals surface area contributed by atoms with E-state index in [0.29, 0.717) is 6.61 Å². The van der Waals surface area contributed by atoms with Gasteiger partial charge in [-0.15, -0.1) is 0 Å². The minimum absolute atomic E-state index is 0.195. The molecule has 1 amide bonds. The van der Waals surface area contributed by atoms with Crippen molar-refractivity contribution < 1.29 is 9.53 Å². The normalized spacial score (nSPS) is 21.4. The summed E-state index contributed by atoms with van der Waals surface area (Å²) in [5, 5.41) is 3.14. The largest absolute Gasteiger partial charge is 0.450 e. The molecule has 0 aromatic heterocycles. The van der Waals surface area contributed by atoms with Crippen molar-refractivity contribution in [2.24, 2.45) is 0 Å². The lowest BCUT2D eigenvalue weighted by molar-refractivity contribution is 0.148. The van der Waals surface area contributed by atoms with E-state index in [1.807, 2.05) is 6.92 Å². The zero-order valence-electron chi connectivity index (χ0n) is 18.6. The van der Waals surface area contributed by atoms with Gasteiger partial charge in [0.1, 0.15) is 0 Å². The molecule has 5 nitrogen and oxygen atoms in total. The summed E-state index contributed by atoms with van der Waals surface area (Å²) in [4.78, 5) is 17.2. The van der Waals surface area contributed by atoms with Crippen LogP contribution in [0.3, 0.4) is 0 Å². The fourth-order valence-corrected chi connectivity index (χ4v) is 4.54. The smallest absolute Gasteiger partial charge is 0.410 e. The Bertz CT molecular complexity index is 792. The average molecular weight is 396 g/mol. The van der Waals surface area contributed by atoms with E-state index in [1.165, 1.54) is 33.6 Å². The maximum atomic E-state index is 12.5. The van der Waals surface area contributed by atoms with Gasteiger partial charge >= 0.3 is 6.09 Å². The summed E-state index contributed by atoms with van der Waals surface area (Å²) in [6, 6.07) is 13.1. The molecule has 1 fully saturated rings. The first-order chi connectivity index (χ1) is 13.8. The van der Waals surface area contributed by atoms with E-state index >= 15 is 0 Å². The third kappa shape index (κ3) is 3.78. The zero-order valence-corrected chi connectivity index (χ0v) is 18.6. The first-order valence-electron chi connectivity index (χ1n) is 10.4. The summed E-state index contributed by atoms with van der Waals surface area (Å²) in [6.45, 7) is 15.1. The van der Waals surface area contributed by atoms with Crippen LogP contribution in [0.5, 0.6) is 0 Å². The SMILES string of the molecule is CCOC(=O)NC1N(c2c(C)cccc2C)[C@H](C)[C@H](C)N1c1c(C)cccc1C. The number of carbonyl (C=O) groups is 1. The Morgan fingerprint density at radius 2 is 1.24 bits per heavy atom. The standard InChI is InChI=1S/C24H33N3O2/c1-8-29-24(28)25-23-26(21-15(2)11-9-12-16(21)3)19(6)20(7)27(23)22-17(4)13-10-14-18(22)5/h9-14,19-20,23H,8H2,1-7H3,(H,25,28)/t19-,20+,23?. The molecule has 0 saturated carbocycles. The number of carbonyl (C=O) groups excluding carboxylic acids is 1. The quantitative estimate of drug-likeness (QED) is 0.786. The van der Waals surface area contributed by atoms with Gasteiger partial charge in [-0.25, -0.2) is 4.79 Å². The van der Waals surface area contributed by atoms with Gasteiger partial charge in [-0.1, -0.05) is 36.4 Å². The van der Waals surface area contributed by atoms with Gasteiger partial charge in [-0.2, -0.15) is 0 Å². The van der Waals surface area contributed by atoms with E-state index in [2.05, 4.69) is 93.1 Å². The Balaban J connectivity index is 2.16. The van der Waals surface area contributed by atoms with E-state index in [1.54, 1.807) is 0 Å². The van der Waals surface area contributed by atoms with E-state index in [9.17, 15) is 4.79 Å². The molecule has 2 aromatic carbocycles. The van der Waals surface area contributed by atoms with Crippen molar-refractivity contribution in [3.05, 3.63) is 58.7 Å². The van der Waals surface area contributed by atoms with Gasteiger partial charge in [-0.3, -0.25) is 5.32 Å². The number of para-hydroxylation sites is 2. The van der Waals surface area contributed by atoms with Crippen LogP contribution in [0, 0.1) is 27.7 Å². The second kappa shape index (κ2) is 8.36. The summed E-state index contributed by atoms with van der Waals surface area (Å²) in [5.41, 5.74) is 7.13. The van der Waals surface area contributed by atoms with Crippen molar-refractivity contribution in [1.29, 1.82) is 0 Å². The number of nitrogens with zero attached hydrogens (tertiary/aromatic N) is 2. The first kappa shape index (κ1) is 21.0. The van der Waals surface area contributed by atoms with Gasteiger partial charge in [0.15, 0.2) is 6.29 Å². The molecule has 3 atom stereocenters. The number of aryl methyl sites for hydroxylation is 4. The molecule has 1 unspecified atom stereocenters. The van der Waals surface area contributed by atoms with Crippen molar-refractivity contribution in [2.75, 3.05) is 16.4 Å². The Labute approximate surface area is 174 Å². The van der Waals surface area contributed by atoms with E-state index in [0.717, 1.165) is 0 Å². The molecule has 1 saturated heterocycles. The van der Waals surface area contributed by atoms with Crippen LogP contribution in [0.2, 0.25) is 0 Å². The van der Waals surface area contributed by atoms with Crippen molar-refractivity contribution in [3.8, 4) is 0 Å². The first-order valence-corrected chi connectivity index (χ1v) is 10.4. The Morgan fingerprint density at radius 1 is 0.862 bits per heavy atom. The van der Waals surface area contributed by atoms with Crippen molar-refractivity contribution in [2.45, 2.75) is 66.8 Å². The number of rotatable bonds is 4. The van der Waals surface area contributed by atoms with Crippen LogP contribution in [0.1, 0.15) is 43.0 Å². The molecular formula is C24H33N3O2. The van der Waals surface area contributed by atoms with Gasteiger partial charge in [0.25, 0.3) is 0 Å². The molecule has 156 valence electrons. The summed E-state index contributed by atoms with van der Waals surface area (Å²) < 4.78 is 5.26. The summed E-state index contributed by atoms with van der Waals surface area (Å²) >= 11 is 0. The van der Waals surface area contributed by atoms with Crippen molar-refractivity contribution >= 4 is 17.5 Å². The van der Waals surface area contributed by atoms with Gasteiger partial charge in [0.05, 0.1) is 18.7 Å². The van der Waals surface area contributed by atoms with Crippen LogP contribution < -0.4 is 15.1 Å². The highest BCUT2D eigenvalue weighted by atomic mass is 16.5. The minimum Gasteiger partial charge on any atom is -0.450 e. The summed E-state index contributed by atoms with van der Waals surface area (Å²) in [5.74, 6) is 0. The number of hydrogen-bond acceptors (Lipinski definition) is 4. The maximum absolute atomic E-state index is 12.5. The lowest BCUT2D eigenvalue weighted by Gasteiger charge is -2.36. The molecule has 0 aliphatic carbocycles. The second-order valence-corrected chi connectivity index (χ2v) is 8.02. The summed E-state index contributed by atoms with van der Waals surface area (Å²) in [7, 11) is 0. The molecule has 3 rings (SSSR count). The van der Waals surface area contributed by atoms with Crippen molar-refractivity contribution in [1.82, 2.24) is 5.32 Å². The third-order valence-electron chi connectivity index (χ3n) is 6.02. The van der Waals surface area contributed by atoms with Gasteiger partial charge in [0, 0.05) is 11.4 Å². The highest BCUT2D eigenvalue weighted by Gasteiger charge is 2.45. The van der Waals surface area contributed by atoms with Gasteiger partial charge < -0.3 is 14.5 Å². The number of hydrogen-bond donors (Lipinski definition) is 1. The van der Waals surface area contributed by atoms with Gasteiger partial charge in [-0.05, 0) is 70.7 Å². The average Bonchev–Trinajstić information content (AvgIpc) is 2.87. The fraction of sp³-hybridized carbons (Fsp3) is 0.458. The molecule has 0 bridgehead atoms. The topological polar surface area (TPSA) is 44.8 Å². The fourth-order valence-electron chi connectivity index (χ4n) is 4.54. The highest BCUT2D eigenvalue weighted by molar-refractivity contribution is 5.73. The Hall–Kier alpha value is -2.69. The lowest BCUT2D eigenvalue weighted by Crippen LogP contribution is -2.54. The Kier molecular flexibility index (Phi) is 6.06. The predicted octanol–water partition coefficient (Wildman–Crippen LogP) is 5.05. The summed E-state index contributed by atoms with van der Waals surface area (Å²) in [6.07, 6.45) is -0.732. The number of amides is 1. The van der Waals surface area contributed by atoms with Gasteiger partial charge in [0.2, 0.25) is 0 Å². The molecular weight excluding hydrogens is 362 g/mol. The van der Waals surface area contributed by atoms with E-state index < -0.39 is 6.09 Å². The molecule has 1 aliphatic rings. The minimum atomic E-state index is -0.397.